The molecule has 1 aliphatic rings. The molecule has 32 heavy (non-hydrogen) atoms. The van der Waals surface area contributed by atoms with E-state index in [1.165, 1.54) is 46.4 Å². The van der Waals surface area contributed by atoms with E-state index in [0.717, 1.165) is 0 Å². The number of halogens is 3. The smallest absolute Gasteiger partial charge is 0.387 e. The second-order valence-corrected chi connectivity index (χ2v) is 9.57. The lowest BCUT2D eigenvalue weighted by Crippen LogP contribution is -2.41. The van der Waals surface area contributed by atoms with Gasteiger partial charge in [0.1, 0.15) is 16.3 Å². The van der Waals surface area contributed by atoms with E-state index < -0.39 is 28.5 Å². The Balaban J connectivity index is 1.61. The van der Waals surface area contributed by atoms with Gasteiger partial charge in [-0.2, -0.15) is 13.1 Å². The molecule has 1 saturated heterocycles. The molecule has 174 valence electrons. The molecule has 0 spiro atoms. The van der Waals surface area contributed by atoms with Gasteiger partial charge in [0.25, 0.3) is 5.91 Å². The largest absolute Gasteiger partial charge is 0.433 e. The summed E-state index contributed by atoms with van der Waals surface area (Å²) in [6, 6.07) is 5.12. The average molecular weight is 491 g/mol. The highest BCUT2D eigenvalue weighted by atomic mass is 35.5. The van der Waals surface area contributed by atoms with E-state index in [1.54, 1.807) is 0 Å². The molecule has 2 amide bonds. The molecule has 2 aromatic rings. The number of piperidine rings is 1. The third kappa shape index (κ3) is 5.19. The molecule has 0 bridgehead atoms. The molecular formula is C19H21ClF2N4O5S. The van der Waals surface area contributed by atoms with Crippen molar-refractivity contribution >= 4 is 39.1 Å². The van der Waals surface area contributed by atoms with Gasteiger partial charge < -0.3 is 20.4 Å². The zero-order chi connectivity index (χ0) is 23.6. The van der Waals surface area contributed by atoms with Crippen molar-refractivity contribution in [3.63, 3.8) is 0 Å². The lowest BCUT2D eigenvalue weighted by Gasteiger charge is -2.30. The van der Waals surface area contributed by atoms with Crippen LogP contribution in [0.15, 0.2) is 35.4 Å². The molecular weight excluding hydrogens is 470 g/mol. The fraction of sp³-hybridized carbons (Fsp3) is 0.368. The number of aromatic nitrogens is 1. The van der Waals surface area contributed by atoms with Crippen LogP contribution in [-0.4, -0.2) is 48.8 Å². The predicted octanol–water partition coefficient (Wildman–Crippen LogP) is 2.42. The molecule has 1 aromatic heterocycles. The van der Waals surface area contributed by atoms with Gasteiger partial charge in [-0.15, -0.1) is 0 Å². The SMILES string of the molecule is Cn1cc(S(=O)(=O)N2CCC(C(=O)Nc3ccc(OC(F)F)c(Cl)c3)CC2)cc1C(N)=O. The van der Waals surface area contributed by atoms with Gasteiger partial charge in [0.2, 0.25) is 15.9 Å². The number of hydrogen-bond acceptors (Lipinski definition) is 5. The number of benzene rings is 1. The standard InChI is InChI=1S/C19H21ClF2N4O5S/c1-25-10-13(9-15(25)17(23)27)32(29,30)26-6-4-11(5-7-26)18(28)24-12-2-3-16(14(20)8-12)31-19(21)22/h2-3,8-11,19H,4-7H2,1H3,(H2,23,27)(H,24,28). The monoisotopic (exact) mass is 490 g/mol. The third-order valence-electron chi connectivity index (χ3n) is 5.11. The molecule has 3 rings (SSSR count). The maximum absolute atomic E-state index is 12.9. The van der Waals surface area contributed by atoms with Gasteiger partial charge in [-0.3, -0.25) is 9.59 Å². The highest BCUT2D eigenvalue weighted by molar-refractivity contribution is 7.89. The second-order valence-electron chi connectivity index (χ2n) is 7.23. The van der Waals surface area contributed by atoms with Crippen molar-refractivity contribution in [2.45, 2.75) is 24.3 Å². The Kier molecular flexibility index (Phi) is 7.06. The van der Waals surface area contributed by atoms with Crippen LogP contribution in [0, 0.1) is 5.92 Å². The molecule has 9 nitrogen and oxygen atoms in total. The number of ether oxygens (including phenoxy) is 1. The number of carbonyl (C=O) groups is 2. The summed E-state index contributed by atoms with van der Waals surface area (Å²) in [5.41, 5.74) is 5.62. The Hall–Kier alpha value is -2.70. The van der Waals surface area contributed by atoms with Gasteiger partial charge in [0.15, 0.2) is 0 Å². The lowest BCUT2D eigenvalue weighted by atomic mass is 9.97. The molecule has 13 heteroatoms. The van der Waals surface area contributed by atoms with Crippen LogP contribution in [0.1, 0.15) is 23.3 Å². The lowest BCUT2D eigenvalue weighted by molar-refractivity contribution is -0.120. The van der Waals surface area contributed by atoms with Crippen molar-refractivity contribution < 1.29 is 31.5 Å². The molecule has 3 N–H and O–H groups in total. The summed E-state index contributed by atoms with van der Waals surface area (Å²) >= 11 is 5.89. The number of rotatable bonds is 7. The minimum atomic E-state index is -3.85. The van der Waals surface area contributed by atoms with Crippen molar-refractivity contribution in [1.82, 2.24) is 8.87 Å². The number of aryl methyl sites for hydroxylation is 1. The van der Waals surface area contributed by atoms with Crippen molar-refractivity contribution in [1.29, 1.82) is 0 Å². The Bertz CT molecular complexity index is 1130. The number of nitrogens with one attached hydrogen (secondary N) is 1. The first-order chi connectivity index (χ1) is 15.0. The second kappa shape index (κ2) is 9.43. The zero-order valence-electron chi connectivity index (χ0n) is 16.9. The highest BCUT2D eigenvalue weighted by Crippen LogP contribution is 2.30. The van der Waals surface area contributed by atoms with E-state index in [1.807, 2.05) is 0 Å². The number of anilines is 1. The van der Waals surface area contributed by atoms with Gasteiger partial charge in [-0.05, 0) is 37.1 Å². The number of amides is 2. The number of alkyl halides is 2. The van der Waals surface area contributed by atoms with Crippen LogP contribution in [0.5, 0.6) is 5.75 Å². The van der Waals surface area contributed by atoms with E-state index in [4.69, 9.17) is 17.3 Å². The Morgan fingerprint density at radius 1 is 1.25 bits per heavy atom. The van der Waals surface area contributed by atoms with Crippen LogP contribution in [0.2, 0.25) is 5.02 Å². The zero-order valence-corrected chi connectivity index (χ0v) is 18.5. The fourth-order valence-electron chi connectivity index (χ4n) is 3.44. The minimum absolute atomic E-state index is 0.0440. The van der Waals surface area contributed by atoms with Crippen LogP contribution in [0.25, 0.3) is 0 Å². The quantitative estimate of drug-likeness (QED) is 0.617. The first kappa shape index (κ1) is 24.0. The Labute approximate surface area is 188 Å². The van der Waals surface area contributed by atoms with Crippen molar-refractivity contribution in [2.75, 3.05) is 18.4 Å². The van der Waals surface area contributed by atoms with Crippen LogP contribution in [0.3, 0.4) is 0 Å². The van der Waals surface area contributed by atoms with Gasteiger partial charge >= 0.3 is 6.61 Å². The number of nitrogens with two attached hydrogens (primary N) is 1. The summed E-state index contributed by atoms with van der Waals surface area (Å²) in [5, 5.41) is 2.57. The van der Waals surface area contributed by atoms with Gasteiger partial charge in [0, 0.05) is 37.9 Å². The Morgan fingerprint density at radius 2 is 1.91 bits per heavy atom. The maximum Gasteiger partial charge on any atom is 0.387 e. The van der Waals surface area contributed by atoms with Crippen LogP contribution in [-0.2, 0) is 21.9 Å². The molecule has 0 atom stereocenters. The summed E-state index contributed by atoms with van der Waals surface area (Å²) in [6.45, 7) is -2.79. The van der Waals surface area contributed by atoms with E-state index >= 15 is 0 Å². The van der Waals surface area contributed by atoms with E-state index in [2.05, 4.69) is 10.1 Å². The molecule has 0 saturated carbocycles. The van der Waals surface area contributed by atoms with Crippen LogP contribution >= 0.6 is 11.6 Å². The first-order valence-electron chi connectivity index (χ1n) is 9.50. The Morgan fingerprint density at radius 3 is 2.44 bits per heavy atom. The number of nitrogens with zero attached hydrogens (tertiary/aromatic N) is 2. The summed E-state index contributed by atoms with van der Waals surface area (Å²) in [7, 11) is -2.32. The van der Waals surface area contributed by atoms with Gasteiger partial charge in [0.05, 0.1) is 5.02 Å². The number of primary amides is 1. The summed E-state index contributed by atoms with van der Waals surface area (Å²) in [6.07, 6.45) is 1.88. The normalized spacial score (nSPS) is 15.7. The number of sulfonamides is 1. The number of carbonyl (C=O) groups excluding carboxylic acids is 2. The first-order valence-corrected chi connectivity index (χ1v) is 11.3. The topological polar surface area (TPSA) is 124 Å². The molecule has 1 aliphatic heterocycles. The molecule has 0 aliphatic carbocycles. The van der Waals surface area contributed by atoms with Crippen LogP contribution in [0.4, 0.5) is 14.5 Å². The fourth-order valence-corrected chi connectivity index (χ4v) is 5.21. The maximum atomic E-state index is 12.9. The molecule has 2 heterocycles. The van der Waals surface area contributed by atoms with Crippen molar-refractivity contribution in [3.8, 4) is 5.75 Å². The van der Waals surface area contributed by atoms with E-state index in [-0.39, 0.29) is 53.2 Å². The highest BCUT2D eigenvalue weighted by Gasteiger charge is 2.33. The van der Waals surface area contributed by atoms with Crippen LogP contribution < -0.4 is 15.8 Å². The molecule has 1 fully saturated rings. The molecule has 0 unspecified atom stereocenters. The average Bonchev–Trinajstić information content (AvgIpc) is 3.12. The summed E-state index contributed by atoms with van der Waals surface area (Å²) in [5.74, 6) is -1.73. The minimum Gasteiger partial charge on any atom is -0.433 e. The predicted molar refractivity (Wildman–Crippen MR) is 112 cm³/mol. The third-order valence-corrected chi connectivity index (χ3v) is 7.27. The van der Waals surface area contributed by atoms with Crippen molar-refractivity contribution in [3.05, 3.63) is 41.2 Å². The van der Waals surface area contributed by atoms with Crippen molar-refractivity contribution in [2.24, 2.45) is 18.7 Å². The van der Waals surface area contributed by atoms with E-state index in [0.29, 0.717) is 5.69 Å². The summed E-state index contributed by atoms with van der Waals surface area (Å²) in [4.78, 5) is 23.9. The number of hydrogen-bond donors (Lipinski definition) is 2. The summed E-state index contributed by atoms with van der Waals surface area (Å²) < 4.78 is 57.2. The van der Waals surface area contributed by atoms with Gasteiger partial charge in [-0.25, -0.2) is 8.42 Å². The van der Waals surface area contributed by atoms with E-state index in [9.17, 15) is 26.8 Å². The van der Waals surface area contributed by atoms with Gasteiger partial charge in [-0.1, -0.05) is 11.6 Å². The molecule has 1 aromatic carbocycles. The molecule has 0 radical (unpaired) electrons.